The van der Waals surface area contributed by atoms with E-state index in [0.717, 1.165) is 11.1 Å². The molecule has 2 heterocycles. The minimum atomic E-state index is -0.705. The molecule has 1 aliphatic heterocycles. The van der Waals surface area contributed by atoms with E-state index in [1.165, 1.54) is 4.90 Å². The van der Waals surface area contributed by atoms with Crippen LogP contribution >= 0.6 is 0 Å². The number of Topliss-reactive ketones (excluding diaryl/α,β-unsaturated/α-hetero) is 1. The predicted molar refractivity (Wildman–Crippen MR) is 116 cm³/mol. The Bertz CT molecular complexity index is 1110. The number of aliphatic hydroxyl groups excluding tert-OH is 1. The Balaban J connectivity index is 1.80. The average molecular weight is 414 g/mol. The van der Waals surface area contributed by atoms with Crippen molar-refractivity contribution in [1.29, 1.82) is 0 Å². The smallest absolute Gasteiger partial charge is 0.295 e. The summed E-state index contributed by atoms with van der Waals surface area (Å²) in [6.07, 6.45) is 3.31. The molecule has 1 unspecified atom stereocenters. The van der Waals surface area contributed by atoms with Crippen molar-refractivity contribution < 1.29 is 19.4 Å². The third-order valence-corrected chi connectivity index (χ3v) is 5.17. The molecule has 0 bridgehead atoms. The van der Waals surface area contributed by atoms with Gasteiger partial charge in [-0.3, -0.25) is 14.6 Å². The minimum Gasteiger partial charge on any atom is -0.507 e. The zero-order valence-corrected chi connectivity index (χ0v) is 17.1. The molecule has 1 atom stereocenters. The number of pyridine rings is 1. The van der Waals surface area contributed by atoms with E-state index in [0.29, 0.717) is 17.9 Å². The first-order chi connectivity index (χ1) is 15.1. The van der Waals surface area contributed by atoms with Gasteiger partial charge in [-0.25, -0.2) is 0 Å². The van der Waals surface area contributed by atoms with Crippen molar-refractivity contribution in [2.75, 3.05) is 6.61 Å². The molecule has 31 heavy (non-hydrogen) atoms. The van der Waals surface area contributed by atoms with Crippen molar-refractivity contribution in [2.24, 2.45) is 0 Å². The van der Waals surface area contributed by atoms with Crippen LogP contribution < -0.4 is 4.74 Å². The highest BCUT2D eigenvalue weighted by Gasteiger charge is 2.46. The highest BCUT2D eigenvalue weighted by Crippen LogP contribution is 2.40. The van der Waals surface area contributed by atoms with Gasteiger partial charge in [0.1, 0.15) is 11.5 Å². The Kier molecular flexibility index (Phi) is 5.80. The van der Waals surface area contributed by atoms with E-state index >= 15 is 0 Å². The second-order valence-corrected chi connectivity index (χ2v) is 7.16. The first-order valence-corrected chi connectivity index (χ1v) is 10.1. The lowest BCUT2D eigenvalue weighted by Gasteiger charge is -2.25. The number of carbonyl (C=O) groups is 2. The molecule has 1 aromatic heterocycles. The summed E-state index contributed by atoms with van der Waals surface area (Å²) in [7, 11) is 0. The molecule has 0 radical (unpaired) electrons. The van der Waals surface area contributed by atoms with Gasteiger partial charge < -0.3 is 14.7 Å². The molecule has 1 amide bonds. The van der Waals surface area contributed by atoms with Crippen molar-refractivity contribution >= 4 is 17.4 Å². The number of ketones is 1. The monoisotopic (exact) mass is 414 g/mol. The van der Waals surface area contributed by atoms with Gasteiger partial charge in [0.05, 0.1) is 18.2 Å². The number of benzene rings is 2. The van der Waals surface area contributed by atoms with Gasteiger partial charge in [0.25, 0.3) is 11.7 Å². The number of nitrogens with zero attached hydrogens (tertiary/aromatic N) is 2. The highest BCUT2D eigenvalue weighted by atomic mass is 16.5. The van der Waals surface area contributed by atoms with Gasteiger partial charge in [0, 0.05) is 24.5 Å². The fraction of sp³-hybridized carbons (Fsp3) is 0.160. The van der Waals surface area contributed by atoms with Crippen LogP contribution in [-0.2, 0) is 16.1 Å². The zero-order chi connectivity index (χ0) is 21.8. The second kappa shape index (κ2) is 8.83. The van der Waals surface area contributed by atoms with Gasteiger partial charge in [0.15, 0.2) is 0 Å². The Morgan fingerprint density at radius 1 is 1.03 bits per heavy atom. The maximum absolute atomic E-state index is 13.0. The minimum absolute atomic E-state index is 0.0734. The summed E-state index contributed by atoms with van der Waals surface area (Å²) in [5.41, 5.74) is 2.07. The van der Waals surface area contributed by atoms with Crippen molar-refractivity contribution in [1.82, 2.24) is 9.88 Å². The molecular formula is C25H22N2O4. The van der Waals surface area contributed by atoms with Crippen LogP contribution in [0.5, 0.6) is 5.75 Å². The molecule has 1 saturated heterocycles. The van der Waals surface area contributed by atoms with Gasteiger partial charge in [-0.1, -0.05) is 36.4 Å². The second-order valence-electron chi connectivity index (χ2n) is 7.16. The summed E-state index contributed by atoms with van der Waals surface area (Å²) < 4.78 is 5.45. The SMILES string of the molecule is CCOc1ccc(/C(O)=C2\C(=O)C(=O)N(Cc3cccnc3)C2c2ccccc2)cc1. The van der Waals surface area contributed by atoms with Crippen LogP contribution in [0.1, 0.15) is 29.7 Å². The predicted octanol–water partition coefficient (Wildman–Crippen LogP) is 4.10. The molecule has 2 aromatic carbocycles. The largest absolute Gasteiger partial charge is 0.507 e. The van der Waals surface area contributed by atoms with Crippen LogP contribution in [0.25, 0.3) is 5.76 Å². The van der Waals surface area contributed by atoms with Crippen molar-refractivity contribution in [3.63, 3.8) is 0 Å². The van der Waals surface area contributed by atoms with E-state index in [1.54, 1.807) is 42.7 Å². The lowest BCUT2D eigenvalue weighted by Crippen LogP contribution is -2.29. The molecule has 3 aromatic rings. The first kappa shape index (κ1) is 20.3. The Labute approximate surface area is 180 Å². The molecule has 156 valence electrons. The van der Waals surface area contributed by atoms with Gasteiger partial charge in [-0.15, -0.1) is 0 Å². The zero-order valence-electron chi connectivity index (χ0n) is 17.1. The Morgan fingerprint density at radius 2 is 1.77 bits per heavy atom. The van der Waals surface area contributed by atoms with Gasteiger partial charge >= 0.3 is 0 Å². The molecular weight excluding hydrogens is 392 g/mol. The number of rotatable bonds is 6. The summed E-state index contributed by atoms with van der Waals surface area (Å²) in [5, 5.41) is 11.1. The molecule has 6 heteroatoms. The summed E-state index contributed by atoms with van der Waals surface area (Å²) in [6.45, 7) is 2.62. The van der Waals surface area contributed by atoms with Gasteiger partial charge in [-0.2, -0.15) is 0 Å². The van der Waals surface area contributed by atoms with Crippen LogP contribution in [0.2, 0.25) is 0 Å². The number of aliphatic hydroxyl groups is 1. The maximum atomic E-state index is 13.0. The molecule has 0 saturated carbocycles. The molecule has 1 aliphatic rings. The molecule has 0 spiro atoms. The van der Waals surface area contributed by atoms with E-state index in [-0.39, 0.29) is 17.9 Å². The summed E-state index contributed by atoms with van der Waals surface area (Å²) in [4.78, 5) is 31.6. The Hall–Kier alpha value is -3.93. The topological polar surface area (TPSA) is 79.7 Å². The van der Waals surface area contributed by atoms with Crippen molar-refractivity contribution in [2.45, 2.75) is 19.5 Å². The number of likely N-dealkylation sites (tertiary alicyclic amines) is 1. The van der Waals surface area contributed by atoms with Crippen LogP contribution in [0, 0.1) is 0 Å². The lowest BCUT2D eigenvalue weighted by atomic mass is 9.95. The van der Waals surface area contributed by atoms with Crippen LogP contribution in [0.3, 0.4) is 0 Å². The molecule has 6 nitrogen and oxygen atoms in total. The van der Waals surface area contributed by atoms with E-state index in [1.807, 2.05) is 43.3 Å². The van der Waals surface area contributed by atoms with Crippen molar-refractivity contribution in [3.05, 3.63) is 101 Å². The third kappa shape index (κ3) is 4.05. The van der Waals surface area contributed by atoms with Crippen LogP contribution in [0.15, 0.2) is 84.7 Å². The number of aromatic nitrogens is 1. The van der Waals surface area contributed by atoms with Crippen LogP contribution in [0.4, 0.5) is 0 Å². The number of ether oxygens (including phenoxy) is 1. The van der Waals surface area contributed by atoms with Gasteiger partial charge in [-0.05, 0) is 48.4 Å². The summed E-state index contributed by atoms with van der Waals surface area (Å²) in [6, 6.07) is 19.0. The Morgan fingerprint density at radius 3 is 2.42 bits per heavy atom. The van der Waals surface area contributed by atoms with E-state index in [9.17, 15) is 14.7 Å². The van der Waals surface area contributed by atoms with E-state index < -0.39 is 17.7 Å². The third-order valence-electron chi connectivity index (χ3n) is 5.17. The fourth-order valence-corrected chi connectivity index (χ4v) is 3.74. The van der Waals surface area contributed by atoms with Crippen molar-refractivity contribution in [3.8, 4) is 5.75 Å². The summed E-state index contributed by atoms with van der Waals surface area (Å²) >= 11 is 0. The lowest BCUT2D eigenvalue weighted by molar-refractivity contribution is -0.140. The normalized spacial score (nSPS) is 17.7. The fourth-order valence-electron chi connectivity index (χ4n) is 3.74. The van der Waals surface area contributed by atoms with E-state index in [2.05, 4.69) is 4.98 Å². The number of hydrogen-bond acceptors (Lipinski definition) is 5. The van der Waals surface area contributed by atoms with Gasteiger partial charge in [0.2, 0.25) is 0 Å². The average Bonchev–Trinajstić information content (AvgIpc) is 3.05. The van der Waals surface area contributed by atoms with E-state index in [4.69, 9.17) is 4.74 Å². The van der Waals surface area contributed by atoms with Crippen LogP contribution in [-0.4, -0.2) is 33.3 Å². The molecule has 1 fully saturated rings. The molecule has 1 N–H and O–H groups in total. The number of amides is 1. The number of carbonyl (C=O) groups excluding carboxylic acids is 2. The molecule has 4 rings (SSSR count). The summed E-state index contributed by atoms with van der Waals surface area (Å²) in [5.74, 6) is -0.894. The highest BCUT2D eigenvalue weighted by molar-refractivity contribution is 6.46. The number of hydrogen-bond donors (Lipinski definition) is 1. The first-order valence-electron chi connectivity index (χ1n) is 10.1. The quantitative estimate of drug-likeness (QED) is 0.373. The molecule has 0 aliphatic carbocycles. The standard InChI is InChI=1S/C25H22N2O4/c1-2-31-20-12-10-19(11-13-20)23(28)21-22(18-8-4-3-5-9-18)27(25(30)24(21)29)16-17-7-6-14-26-15-17/h3-15,22,28H,2,16H2,1H3/b23-21+. The maximum Gasteiger partial charge on any atom is 0.295 e.